The monoisotopic (exact) mass is 413 g/mol. The van der Waals surface area contributed by atoms with Gasteiger partial charge in [-0.05, 0) is 12.3 Å². The maximum Gasteiger partial charge on any atom is 0.326 e. The summed E-state index contributed by atoms with van der Waals surface area (Å²) >= 11 is 0. The molecule has 0 bridgehead atoms. The number of nitrogens with one attached hydrogen (secondary N) is 2. The normalized spacial score (nSPS) is 13.0. The first kappa shape index (κ1) is 26.9. The number of amides is 3. The topological polar surface area (TPSA) is 139 Å². The molecule has 0 spiro atoms. The summed E-state index contributed by atoms with van der Waals surface area (Å²) in [6.45, 7) is 5.71. The Balaban J connectivity index is 4.29. The number of primary amides is 1. The van der Waals surface area contributed by atoms with E-state index in [1.807, 2.05) is 0 Å². The molecule has 0 radical (unpaired) electrons. The number of hydrogen-bond acceptors (Lipinski definition) is 4. The third-order valence-corrected chi connectivity index (χ3v) is 4.79. The molecule has 0 fully saturated rings. The standard InChI is InChI=1S/C21H39N3O5/c1-4-5-6-7-8-9-10-11-12-13-18(26)24-19(15(2)3)20(27)23-16(21(28)29)14-17(22)25/h15-16,19H,4-14H2,1-3H3,(H2,22,25)(H,23,27)(H,24,26)(H,28,29)/t16-,19-/m0/s1. The molecule has 0 unspecified atom stereocenters. The average Bonchev–Trinajstić information content (AvgIpc) is 2.63. The number of carboxylic acids is 1. The van der Waals surface area contributed by atoms with E-state index in [1.54, 1.807) is 13.8 Å². The number of aliphatic carboxylic acids is 1. The summed E-state index contributed by atoms with van der Waals surface area (Å²) in [5.74, 6) is -3.27. The van der Waals surface area contributed by atoms with E-state index in [1.165, 1.54) is 38.5 Å². The summed E-state index contributed by atoms with van der Waals surface area (Å²) in [5, 5.41) is 14.1. The fraction of sp³-hybridized carbons (Fsp3) is 0.810. The lowest BCUT2D eigenvalue weighted by Gasteiger charge is -2.23. The molecule has 29 heavy (non-hydrogen) atoms. The van der Waals surface area contributed by atoms with Gasteiger partial charge in [0.2, 0.25) is 17.7 Å². The summed E-state index contributed by atoms with van der Waals surface area (Å²) in [4.78, 5) is 46.7. The molecule has 0 rings (SSSR count). The first-order valence-electron chi connectivity index (χ1n) is 10.8. The molecule has 0 saturated carbocycles. The molecule has 168 valence electrons. The van der Waals surface area contributed by atoms with Gasteiger partial charge in [-0.25, -0.2) is 4.79 Å². The molecule has 8 nitrogen and oxygen atoms in total. The highest BCUT2D eigenvalue weighted by Gasteiger charge is 2.29. The van der Waals surface area contributed by atoms with E-state index >= 15 is 0 Å². The van der Waals surface area contributed by atoms with Crippen molar-refractivity contribution in [1.29, 1.82) is 0 Å². The van der Waals surface area contributed by atoms with Gasteiger partial charge in [-0.1, -0.05) is 72.1 Å². The molecule has 0 aliphatic carbocycles. The van der Waals surface area contributed by atoms with Crippen molar-refractivity contribution in [2.75, 3.05) is 0 Å². The molecule has 0 aromatic carbocycles. The van der Waals surface area contributed by atoms with Crippen LogP contribution in [0.25, 0.3) is 0 Å². The number of hydrogen-bond donors (Lipinski definition) is 4. The second kappa shape index (κ2) is 15.8. The minimum atomic E-state index is -1.41. The first-order valence-corrected chi connectivity index (χ1v) is 10.8. The average molecular weight is 414 g/mol. The summed E-state index contributed by atoms with van der Waals surface area (Å²) in [5.41, 5.74) is 5.02. The van der Waals surface area contributed by atoms with Gasteiger partial charge >= 0.3 is 5.97 Å². The van der Waals surface area contributed by atoms with E-state index in [0.717, 1.165) is 19.3 Å². The van der Waals surface area contributed by atoms with Crippen molar-refractivity contribution >= 4 is 23.7 Å². The number of carbonyl (C=O) groups excluding carboxylic acids is 3. The predicted octanol–water partition coefficient (Wildman–Crippen LogP) is 2.49. The minimum absolute atomic E-state index is 0.231. The van der Waals surface area contributed by atoms with Crippen LogP contribution in [0.3, 0.4) is 0 Å². The van der Waals surface area contributed by atoms with Crippen LogP contribution < -0.4 is 16.4 Å². The molecule has 0 heterocycles. The van der Waals surface area contributed by atoms with Crippen LogP contribution in [-0.2, 0) is 19.2 Å². The van der Waals surface area contributed by atoms with Crippen molar-refractivity contribution in [3.63, 3.8) is 0 Å². The number of rotatable bonds is 17. The second-order valence-corrected chi connectivity index (χ2v) is 7.94. The van der Waals surface area contributed by atoms with E-state index in [2.05, 4.69) is 17.6 Å². The molecular formula is C21H39N3O5. The van der Waals surface area contributed by atoms with Crippen LogP contribution in [0.4, 0.5) is 0 Å². The van der Waals surface area contributed by atoms with Crippen LogP contribution >= 0.6 is 0 Å². The highest BCUT2D eigenvalue weighted by Crippen LogP contribution is 2.11. The Morgan fingerprint density at radius 2 is 1.38 bits per heavy atom. The fourth-order valence-corrected chi connectivity index (χ4v) is 3.04. The van der Waals surface area contributed by atoms with Gasteiger partial charge in [-0.15, -0.1) is 0 Å². The third kappa shape index (κ3) is 13.7. The minimum Gasteiger partial charge on any atom is -0.480 e. The maximum atomic E-state index is 12.4. The summed E-state index contributed by atoms with van der Waals surface area (Å²) < 4.78 is 0. The maximum absolute atomic E-state index is 12.4. The quantitative estimate of drug-likeness (QED) is 0.271. The highest BCUT2D eigenvalue weighted by molar-refractivity contribution is 5.92. The Bertz CT molecular complexity index is 522. The van der Waals surface area contributed by atoms with Crippen LogP contribution in [0.5, 0.6) is 0 Å². The lowest BCUT2D eigenvalue weighted by atomic mass is 10.0. The van der Waals surface area contributed by atoms with Gasteiger partial charge in [-0.2, -0.15) is 0 Å². The Labute approximate surface area is 174 Å². The van der Waals surface area contributed by atoms with Crippen molar-refractivity contribution in [1.82, 2.24) is 10.6 Å². The molecular weight excluding hydrogens is 374 g/mol. The fourth-order valence-electron chi connectivity index (χ4n) is 3.04. The number of carbonyl (C=O) groups is 4. The largest absolute Gasteiger partial charge is 0.480 e. The predicted molar refractivity (Wildman–Crippen MR) is 112 cm³/mol. The summed E-state index contributed by atoms with van der Waals surface area (Å²) in [6.07, 6.45) is 10.2. The first-order chi connectivity index (χ1) is 13.7. The molecule has 0 aromatic rings. The lowest BCUT2D eigenvalue weighted by molar-refractivity contribution is -0.144. The van der Waals surface area contributed by atoms with Gasteiger partial charge in [0.25, 0.3) is 0 Å². The van der Waals surface area contributed by atoms with Gasteiger partial charge in [0.1, 0.15) is 12.1 Å². The van der Waals surface area contributed by atoms with Crippen LogP contribution in [-0.4, -0.2) is 40.9 Å². The summed E-state index contributed by atoms with van der Waals surface area (Å²) in [7, 11) is 0. The zero-order valence-corrected chi connectivity index (χ0v) is 18.2. The molecule has 0 saturated heterocycles. The number of nitrogens with two attached hydrogens (primary N) is 1. The molecule has 2 atom stereocenters. The molecule has 8 heteroatoms. The van der Waals surface area contributed by atoms with Crippen molar-refractivity contribution in [2.45, 2.75) is 103 Å². The smallest absolute Gasteiger partial charge is 0.326 e. The highest BCUT2D eigenvalue weighted by atomic mass is 16.4. The Morgan fingerprint density at radius 3 is 1.83 bits per heavy atom. The lowest BCUT2D eigenvalue weighted by Crippen LogP contribution is -2.54. The van der Waals surface area contributed by atoms with Gasteiger partial charge < -0.3 is 21.5 Å². The van der Waals surface area contributed by atoms with Gasteiger partial charge in [0, 0.05) is 6.42 Å². The Hall–Kier alpha value is -2.12. The van der Waals surface area contributed by atoms with E-state index in [4.69, 9.17) is 10.8 Å². The van der Waals surface area contributed by atoms with Gasteiger partial charge in [0.15, 0.2) is 0 Å². The molecule has 0 aliphatic heterocycles. The Morgan fingerprint density at radius 1 is 0.862 bits per heavy atom. The zero-order chi connectivity index (χ0) is 22.2. The zero-order valence-electron chi connectivity index (χ0n) is 18.2. The second-order valence-electron chi connectivity index (χ2n) is 7.94. The van der Waals surface area contributed by atoms with E-state index < -0.39 is 36.3 Å². The van der Waals surface area contributed by atoms with Crippen molar-refractivity contribution in [3.8, 4) is 0 Å². The molecule has 5 N–H and O–H groups in total. The third-order valence-electron chi connectivity index (χ3n) is 4.79. The molecule has 0 aliphatic rings. The van der Waals surface area contributed by atoms with E-state index in [-0.39, 0.29) is 11.8 Å². The van der Waals surface area contributed by atoms with Gasteiger partial charge in [0.05, 0.1) is 6.42 Å². The Kier molecular flexibility index (Phi) is 14.6. The van der Waals surface area contributed by atoms with Gasteiger partial charge in [-0.3, -0.25) is 14.4 Å². The van der Waals surface area contributed by atoms with E-state index in [9.17, 15) is 19.2 Å². The number of unbranched alkanes of at least 4 members (excludes halogenated alkanes) is 8. The summed E-state index contributed by atoms with van der Waals surface area (Å²) in [6, 6.07) is -2.27. The number of carboxylic acid groups (broad SMARTS) is 1. The molecule has 3 amide bonds. The van der Waals surface area contributed by atoms with Crippen molar-refractivity contribution in [2.24, 2.45) is 11.7 Å². The van der Waals surface area contributed by atoms with Crippen molar-refractivity contribution in [3.05, 3.63) is 0 Å². The molecule has 0 aromatic heterocycles. The SMILES string of the molecule is CCCCCCCCCCCC(=O)N[C@H](C(=O)N[C@@H](CC(N)=O)C(=O)O)C(C)C. The van der Waals surface area contributed by atoms with Crippen LogP contribution in [0.15, 0.2) is 0 Å². The van der Waals surface area contributed by atoms with E-state index in [0.29, 0.717) is 6.42 Å². The van der Waals surface area contributed by atoms with Crippen LogP contribution in [0, 0.1) is 5.92 Å². The van der Waals surface area contributed by atoms with Crippen LogP contribution in [0.2, 0.25) is 0 Å². The van der Waals surface area contributed by atoms with Crippen molar-refractivity contribution < 1.29 is 24.3 Å². The van der Waals surface area contributed by atoms with Crippen LogP contribution in [0.1, 0.15) is 91.4 Å².